The molecule has 21 heavy (non-hydrogen) atoms. The number of benzene rings is 1. The van der Waals surface area contributed by atoms with Gasteiger partial charge in [-0.2, -0.15) is 13.2 Å². The molecule has 0 aliphatic rings. The van der Waals surface area contributed by atoms with Gasteiger partial charge in [0.25, 0.3) is 0 Å². The summed E-state index contributed by atoms with van der Waals surface area (Å²) in [5, 5.41) is 0. The highest BCUT2D eigenvalue weighted by molar-refractivity contribution is 5.71. The second-order valence-electron chi connectivity index (χ2n) is 5.05. The van der Waals surface area contributed by atoms with E-state index in [4.69, 9.17) is 5.73 Å². The highest BCUT2D eigenvalue weighted by Gasteiger charge is 2.34. The molecule has 0 unspecified atom stereocenters. The Hall–Kier alpha value is -2.05. The van der Waals surface area contributed by atoms with E-state index < -0.39 is 17.6 Å². The van der Waals surface area contributed by atoms with Crippen molar-refractivity contribution in [2.24, 2.45) is 0 Å². The van der Waals surface area contributed by atoms with Crippen molar-refractivity contribution in [2.75, 3.05) is 5.73 Å². The predicted molar refractivity (Wildman–Crippen MR) is 72.2 cm³/mol. The van der Waals surface area contributed by atoms with Gasteiger partial charge in [-0.1, -0.05) is 0 Å². The third-order valence-electron chi connectivity index (χ3n) is 3.19. The van der Waals surface area contributed by atoms with Gasteiger partial charge >= 0.3 is 6.18 Å². The van der Waals surface area contributed by atoms with Crippen LogP contribution in [0.15, 0.2) is 18.2 Å². The first-order chi connectivity index (χ1) is 9.62. The van der Waals surface area contributed by atoms with Crippen molar-refractivity contribution in [3.8, 4) is 11.3 Å². The maximum Gasteiger partial charge on any atom is 0.419 e. The fourth-order valence-electron chi connectivity index (χ4n) is 2.32. The van der Waals surface area contributed by atoms with Crippen LogP contribution in [0.3, 0.4) is 0 Å². The second kappa shape index (κ2) is 5.05. The number of aryl methyl sites for hydroxylation is 1. The molecule has 0 fully saturated rings. The van der Waals surface area contributed by atoms with Crippen LogP contribution in [0.4, 0.5) is 23.4 Å². The molecule has 0 atom stereocenters. The van der Waals surface area contributed by atoms with Gasteiger partial charge in [-0.25, -0.2) is 9.37 Å². The van der Waals surface area contributed by atoms with E-state index in [0.717, 1.165) is 12.1 Å². The van der Waals surface area contributed by atoms with Crippen molar-refractivity contribution in [1.29, 1.82) is 0 Å². The lowest BCUT2D eigenvalue weighted by Gasteiger charge is -2.12. The minimum Gasteiger partial charge on any atom is -0.383 e. The van der Waals surface area contributed by atoms with E-state index in [1.807, 2.05) is 13.8 Å². The van der Waals surface area contributed by atoms with Crippen molar-refractivity contribution in [3.63, 3.8) is 0 Å². The summed E-state index contributed by atoms with van der Waals surface area (Å²) < 4.78 is 53.3. The molecule has 0 spiro atoms. The Bertz CT molecular complexity index is 672. The van der Waals surface area contributed by atoms with Crippen molar-refractivity contribution < 1.29 is 17.6 Å². The van der Waals surface area contributed by atoms with E-state index in [1.165, 1.54) is 6.07 Å². The Labute approximate surface area is 119 Å². The molecule has 0 saturated heterocycles. The first-order valence-corrected chi connectivity index (χ1v) is 6.34. The Balaban J connectivity index is 2.61. The molecule has 1 aromatic heterocycles. The molecule has 7 heteroatoms. The lowest BCUT2D eigenvalue weighted by molar-refractivity contribution is -0.139. The van der Waals surface area contributed by atoms with Gasteiger partial charge in [0.2, 0.25) is 0 Å². The Morgan fingerprint density at radius 3 is 2.33 bits per heavy atom. The number of nitrogens with zero attached hydrogens (tertiary/aromatic N) is 2. The summed E-state index contributed by atoms with van der Waals surface area (Å²) in [5.74, 6) is -0.456. The molecule has 2 N–H and O–H groups in total. The van der Waals surface area contributed by atoms with E-state index in [1.54, 1.807) is 11.5 Å². The fraction of sp³-hybridized carbons (Fsp3) is 0.357. The summed E-state index contributed by atoms with van der Waals surface area (Å²) in [6.45, 7) is 5.50. The standard InChI is InChI=1S/C14H15F4N3/c1-7(2)21-8(3)20-12(13(21)19)9-4-5-11(15)10(6-9)14(16,17)18/h4-7H,19H2,1-3H3. The zero-order valence-electron chi connectivity index (χ0n) is 11.8. The van der Waals surface area contributed by atoms with Gasteiger partial charge in [-0.05, 0) is 39.0 Å². The van der Waals surface area contributed by atoms with Crippen LogP contribution in [-0.4, -0.2) is 9.55 Å². The van der Waals surface area contributed by atoms with E-state index >= 15 is 0 Å². The van der Waals surface area contributed by atoms with Crippen molar-refractivity contribution >= 4 is 5.82 Å². The first-order valence-electron chi connectivity index (χ1n) is 6.34. The molecule has 2 rings (SSSR count). The van der Waals surface area contributed by atoms with Crippen LogP contribution in [0, 0.1) is 12.7 Å². The maximum atomic E-state index is 13.3. The molecular weight excluding hydrogens is 286 g/mol. The predicted octanol–water partition coefficient (Wildman–Crippen LogP) is 4.18. The lowest BCUT2D eigenvalue weighted by Crippen LogP contribution is -2.09. The smallest absolute Gasteiger partial charge is 0.383 e. The van der Waals surface area contributed by atoms with Gasteiger partial charge in [0.15, 0.2) is 0 Å². The van der Waals surface area contributed by atoms with Crippen LogP contribution >= 0.6 is 0 Å². The molecule has 0 saturated carbocycles. The van der Waals surface area contributed by atoms with Gasteiger partial charge in [0, 0.05) is 11.6 Å². The summed E-state index contributed by atoms with van der Waals surface area (Å²) in [6, 6.07) is 2.78. The van der Waals surface area contributed by atoms with Crippen molar-refractivity contribution in [1.82, 2.24) is 9.55 Å². The molecule has 2 aromatic rings. The summed E-state index contributed by atoms with van der Waals surface area (Å²) in [5.41, 5.74) is 5.01. The van der Waals surface area contributed by atoms with E-state index in [2.05, 4.69) is 4.98 Å². The monoisotopic (exact) mass is 301 g/mol. The minimum absolute atomic E-state index is 0.0220. The number of nitrogens with two attached hydrogens (primary N) is 1. The molecule has 1 aromatic carbocycles. The molecule has 0 aliphatic heterocycles. The summed E-state index contributed by atoms with van der Waals surface area (Å²) in [4.78, 5) is 4.20. The third-order valence-corrected chi connectivity index (χ3v) is 3.19. The average molecular weight is 301 g/mol. The molecule has 0 radical (unpaired) electrons. The van der Waals surface area contributed by atoms with E-state index in [0.29, 0.717) is 5.82 Å². The zero-order chi connectivity index (χ0) is 15.9. The van der Waals surface area contributed by atoms with Crippen LogP contribution in [0.1, 0.15) is 31.3 Å². The first kappa shape index (κ1) is 15.3. The summed E-state index contributed by atoms with van der Waals surface area (Å²) in [7, 11) is 0. The van der Waals surface area contributed by atoms with Crippen molar-refractivity contribution in [3.05, 3.63) is 35.4 Å². The zero-order valence-corrected chi connectivity index (χ0v) is 11.8. The second-order valence-corrected chi connectivity index (χ2v) is 5.05. The van der Waals surface area contributed by atoms with Gasteiger partial charge in [0.1, 0.15) is 23.2 Å². The Morgan fingerprint density at radius 1 is 1.24 bits per heavy atom. The van der Waals surface area contributed by atoms with Gasteiger partial charge in [-0.3, -0.25) is 0 Å². The topological polar surface area (TPSA) is 43.8 Å². The number of halogens is 4. The molecular formula is C14H15F4N3. The SMILES string of the molecule is Cc1nc(-c2ccc(F)c(C(F)(F)F)c2)c(N)n1C(C)C. The van der Waals surface area contributed by atoms with Crippen LogP contribution in [0.2, 0.25) is 0 Å². The van der Waals surface area contributed by atoms with Crippen LogP contribution in [0.5, 0.6) is 0 Å². The molecule has 0 aliphatic carbocycles. The molecule has 3 nitrogen and oxygen atoms in total. The molecule has 1 heterocycles. The van der Waals surface area contributed by atoms with Gasteiger partial charge in [0.05, 0.1) is 5.56 Å². The number of aromatic nitrogens is 2. The number of alkyl halides is 3. The van der Waals surface area contributed by atoms with Crippen LogP contribution < -0.4 is 5.73 Å². The fourth-order valence-corrected chi connectivity index (χ4v) is 2.32. The number of rotatable bonds is 2. The number of imidazole rings is 1. The molecule has 0 bridgehead atoms. The average Bonchev–Trinajstić information content (AvgIpc) is 2.64. The van der Waals surface area contributed by atoms with Crippen molar-refractivity contribution in [2.45, 2.75) is 33.0 Å². The Morgan fingerprint density at radius 2 is 1.86 bits per heavy atom. The highest BCUT2D eigenvalue weighted by atomic mass is 19.4. The highest BCUT2D eigenvalue weighted by Crippen LogP contribution is 2.36. The summed E-state index contributed by atoms with van der Waals surface area (Å²) in [6.07, 6.45) is -4.76. The Kier molecular flexibility index (Phi) is 3.69. The van der Waals surface area contributed by atoms with Crippen LogP contribution in [-0.2, 0) is 6.18 Å². The molecule has 114 valence electrons. The maximum absolute atomic E-state index is 13.3. The number of anilines is 1. The number of hydrogen-bond acceptors (Lipinski definition) is 2. The lowest BCUT2D eigenvalue weighted by atomic mass is 10.1. The minimum atomic E-state index is -4.76. The summed E-state index contributed by atoms with van der Waals surface area (Å²) >= 11 is 0. The third kappa shape index (κ3) is 2.72. The normalized spacial score (nSPS) is 12.2. The van der Waals surface area contributed by atoms with Gasteiger partial charge in [-0.15, -0.1) is 0 Å². The largest absolute Gasteiger partial charge is 0.419 e. The van der Waals surface area contributed by atoms with Gasteiger partial charge < -0.3 is 10.3 Å². The van der Waals surface area contributed by atoms with Crippen LogP contribution in [0.25, 0.3) is 11.3 Å². The quantitative estimate of drug-likeness (QED) is 0.846. The molecule has 0 amide bonds. The van der Waals surface area contributed by atoms with E-state index in [-0.39, 0.29) is 23.1 Å². The number of hydrogen-bond donors (Lipinski definition) is 1. The van der Waals surface area contributed by atoms with E-state index in [9.17, 15) is 17.6 Å². The number of nitrogen functional groups attached to an aromatic ring is 1.